The van der Waals surface area contributed by atoms with Crippen LogP contribution in [0.4, 0.5) is 0 Å². The van der Waals surface area contributed by atoms with E-state index in [2.05, 4.69) is 38.2 Å². The molecule has 1 N–H and O–H groups in total. The van der Waals surface area contributed by atoms with Gasteiger partial charge in [-0.05, 0) is 38.0 Å². The fourth-order valence-corrected chi connectivity index (χ4v) is 1.99. The predicted molar refractivity (Wildman–Crippen MR) is 72.0 cm³/mol. The molecular weight excluding hydrogens is 218 g/mol. The van der Waals surface area contributed by atoms with Gasteiger partial charge in [-0.3, -0.25) is 0 Å². The predicted octanol–water partition coefficient (Wildman–Crippen LogP) is 4.57. The molecule has 0 fully saturated rings. The largest absolute Gasteiger partial charge is 0.308 e. The van der Waals surface area contributed by atoms with E-state index in [1.807, 2.05) is 12.1 Å². The maximum absolute atomic E-state index is 5.87. The first-order chi connectivity index (χ1) is 7.63. The average molecular weight is 240 g/mol. The highest BCUT2D eigenvalue weighted by atomic mass is 35.5. The van der Waals surface area contributed by atoms with Crippen LogP contribution in [0.25, 0.3) is 0 Å². The molecule has 1 aromatic rings. The minimum absolute atomic E-state index is 0.393. The third-order valence-electron chi connectivity index (χ3n) is 2.90. The van der Waals surface area contributed by atoms with Crippen molar-refractivity contribution in [3.8, 4) is 0 Å². The van der Waals surface area contributed by atoms with Crippen molar-refractivity contribution in [1.82, 2.24) is 5.32 Å². The van der Waals surface area contributed by atoms with E-state index < -0.39 is 0 Å². The molecule has 1 aromatic carbocycles. The van der Waals surface area contributed by atoms with Crippen LogP contribution in [0.5, 0.6) is 0 Å². The van der Waals surface area contributed by atoms with E-state index in [-0.39, 0.29) is 0 Å². The lowest BCUT2D eigenvalue weighted by Gasteiger charge is -2.20. The highest BCUT2D eigenvalue weighted by Gasteiger charge is 2.08. The molecular formula is C14H22ClN. The van der Waals surface area contributed by atoms with Crippen LogP contribution in [0.15, 0.2) is 24.3 Å². The number of benzene rings is 1. The maximum Gasteiger partial charge on any atom is 0.0406 e. The second-order valence-corrected chi connectivity index (χ2v) is 4.92. The standard InChI is InChI=1S/C14H22ClN/c1-4-5-6-11(2)16-12(3)13-7-9-14(15)10-8-13/h7-12,16H,4-6H2,1-3H3/t11?,12-/m1/s1. The Morgan fingerprint density at radius 3 is 2.38 bits per heavy atom. The molecule has 0 saturated carbocycles. The zero-order valence-corrected chi connectivity index (χ0v) is 11.2. The molecule has 1 nitrogen and oxygen atoms in total. The molecule has 90 valence electrons. The van der Waals surface area contributed by atoms with Crippen molar-refractivity contribution in [2.75, 3.05) is 0 Å². The van der Waals surface area contributed by atoms with Crippen molar-refractivity contribution in [3.05, 3.63) is 34.9 Å². The first-order valence-corrected chi connectivity index (χ1v) is 6.52. The number of hydrogen-bond donors (Lipinski definition) is 1. The Morgan fingerprint density at radius 1 is 1.19 bits per heavy atom. The Labute approximate surface area is 104 Å². The van der Waals surface area contributed by atoms with Gasteiger partial charge in [0.15, 0.2) is 0 Å². The van der Waals surface area contributed by atoms with E-state index in [1.54, 1.807) is 0 Å². The van der Waals surface area contributed by atoms with E-state index in [1.165, 1.54) is 24.8 Å². The summed E-state index contributed by atoms with van der Waals surface area (Å²) in [5, 5.41) is 4.41. The van der Waals surface area contributed by atoms with Gasteiger partial charge in [-0.25, -0.2) is 0 Å². The Hall–Kier alpha value is -0.530. The van der Waals surface area contributed by atoms with Crippen molar-refractivity contribution < 1.29 is 0 Å². The van der Waals surface area contributed by atoms with Crippen LogP contribution in [-0.2, 0) is 0 Å². The van der Waals surface area contributed by atoms with Crippen LogP contribution in [0, 0.1) is 0 Å². The fourth-order valence-electron chi connectivity index (χ4n) is 1.87. The van der Waals surface area contributed by atoms with Gasteiger partial charge in [0, 0.05) is 17.1 Å². The van der Waals surface area contributed by atoms with Crippen molar-refractivity contribution in [2.45, 2.75) is 52.1 Å². The SMILES string of the molecule is CCCCC(C)N[C@H](C)c1ccc(Cl)cc1. The zero-order valence-electron chi connectivity index (χ0n) is 10.5. The second-order valence-electron chi connectivity index (χ2n) is 4.48. The van der Waals surface area contributed by atoms with Crippen LogP contribution in [0.1, 0.15) is 51.6 Å². The molecule has 0 spiro atoms. The Kier molecular flexibility index (Phi) is 5.86. The summed E-state index contributed by atoms with van der Waals surface area (Å²) < 4.78 is 0. The summed E-state index contributed by atoms with van der Waals surface area (Å²) in [6, 6.07) is 9.05. The van der Waals surface area contributed by atoms with Gasteiger partial charge in [-0.1, -0.05) is 43.5 Å². The van der Waals surface area contributed by atoms with Gasteiger partial charge in [-0.15, -0.1) is 0 Å². The number of unbranched alkanes of at least 4 members (excludes halogenated alkanes) is 1. The van der Waals surface area contributed by atoms with Crippen LogP contribution in [0.3, 0.4) is 0 Å². The van der Waals surface area contributed by atoms with Gasteiger partial charge >= 0.3 is 0 Å². The molecule has 1 rings (SSSR count). The molecule has 0 bridgehead atoms. The minimum atomic E-state index is 0.393. The summed E-state index contributed by atoms with van der Waals surface area (Å²) in [6.45, 7) is 6.68. The van der Waals surface area contributed by atoms with Crippen LogP contribution < -0.4 is 5.32 Å². The molecule has 1 unspecified atom stereocenters. The summed E-state index contributed by atoms with van der Waals surface area (Å²) >= 11 is 5.87. The molecule has 0 radical (unpaired) electrons. The first kappa shape index (κ1) is 13.5. The van der Waals surface area contributed by atoms with Crippen molar-refractivity contribution in [2.24, 2.45) is 0 Å². The monoisotopic (exact) mass is 239 g/mol. The van der Waals surface area contributed by atoms with E-state index in [0.29, 0.717) is 12.1 Å². The summed E-state index contributed by atoms with van der Waals surface area (Å²) in [5.41, 5.74) is 1.30. The fraction of sp³-hybridized carbons (Fsp3) is 0.571. The van der Waals surface area contributed by atoms with Gasteiger partial charge in [0.05, 0.1) is 0 Å². The van der Waals surface area contributed by atoms with E-state index in [0.717, 1.165) is 5.02 Å². The summed E-state index contributed by atoms with van der Waals surface area (Å²) in [4.78, 5) is 0. The van der Waals surface area contributed by atoms with Crippen molar-refractivity contribution >= 4 is 11.6 Å². The average Bonchev–Trinajstić information content (AvgIpc) is 2.27. The summed E-state index contributed by atoms with van der Waals surface area (Å²) in [6.07, 6.45) is 3.80. The van der Waals surface area contributed by atoms with E-state index in [4.69, 9.17) is 11.6 Å². The van der Waals surface area contributed by atoms with E-state index in [9.17, 15) is 0 Å². The lowest BCUT2D eigenvalue weighted by Crippen LogP contribution is -2.28. The second kappa shape index (κ2) is 6.93. The molecule has 0 saturated heterocycles. The lowest BCUT2D eigenvalue weighted by molar-refractivity contribution is 0.444. The summed E-state index contributed by atoms with van der Waals surface area (Å²) in [7, 11) is 0. The molecule has 2 atom stereocenters. The van der Waals surface area contributed by atoms with E-state index >= 15 is 0 Å². The normalized spacial score (nSPS) is 14.8. The highest BCUT2D eigenvalue weighted by Crippen LogP contribution is 2.17. The Bertz CT molecular complexity index is 294. The molecule has 2 heteroatoms. The van der Waals surface area contributed by atoms with Crippen LogP contribution in [0.2, 0.25) is 5.02 Å². The van der Waals surface area contributed by atoms with Crippen LogP contribution >= 0.6 is 11.6 Å². The maximum atomic E-state index is 5.87. The minimum Gasteiger partial charge on any atom is -0.308 e. The molecule has 0 aliphatic heterocycles. The molecule has 16 heavy (non-hydrogen) atoms. The van der Waals surface area contributed by atoms with Gasteiger partial charge < -0.3 is 5.32 Å². The van der Waals surface area contributed by atoms with Gasteiger partial charge in [0.1, 0.15) is 0 Å². The number of hydrogen-bond acceptors (Lipinski definition) is 1. The van der Waals surface area contributed by atoms with Crippen molar-refractivity contribution in [3.63, 3.8) is 0 Å². The number of halogens is 1. The summed E-state index contributed by atoms with van der Waals surface area (Å²) in [5.74, 6) is 0. The number of rotatable bonds is 6. The zero-order chi connectivity index (χ0) is 12.0. The first-order valence-electron chi connectivity index (χ1n) is 6.15. The third kappa shape index (κ3) is 4.54. The van der Waals surface area contributed by atoms with Crippen molar-refractivity contribution in [1.29, 1.82) is 0 Å². The molecule has 0 aliphatic rings. The molecule has 0 aliphatic carbocycles. The quantitative estimate of drug-likeness (QED) is 0.767. The van der Waals surface area contributed by atoms with Gasteiger partial charge in [-0.2, -0.15) is 0 Å². The highest BCUT2D eigenvalue weighted by molar-refractivity contribution is 6.30. The number of nitrogens with one attached hydrogen (secondary N) is 1. The third-order valence-corrected chi connectivity index (χ3v) is 3.15. The topological polar surface area (TPSA) is 12.0 Å². The molecule has 0 amide bonds. The van der Waals surface area contributed by atoms with Gasteiger partial charge in [0.25, 0.3) is 0 Å². The smallest absolute Gasteiger partial charge is 0.0406 e. The molecule has 0 aromatic heterocycles. The lowest BCUT2D eigenvalue weighted by atomic mass is 10.1. The Morgan fingerprint density at radius 2 is 1.81 bits per heavy atom. The van der Waals surface area contributed by atoms with Crippen LogP contribution in [-0.4, -0.2) is 6.04 Å². The molecule has 0 heterocycles. The Balaban J connectivity index is 2.45. The van der Waals surface area contributed by atoms with Gasteiger partial charge in [0.2, 0.25) is 0 Å².